The Morgan fingerprint density at radius 1 is 1.43 bits per heavy atom. The Kier molecular flexibility index (Phi) is 3.64. The van der Waals surface area contributed by atoms with Crippen molar-refractivity contribution >= 4 is 0 Å². The van der Waals surface area contributed by atoms with Gasteiger partial charge in [0.15, 0.2) is 0 Å². The molecule has 0 bridgehead atoms. The molecule has 14 heavy (non-hydrogen) atoms. The van der Waals surface area contributed by atoms with Crippen LogP contribution in [-0.2, 0) is 0 Å². The Morgan fingerprint density at radius 3 is 2.57 bits per heavy atom. The van der Waals surface area contributed by atoms with Crippen LogP contribution in [0.4, 0.5) is 0 Å². The number of hydrogen-bond donors (Lipinski definition) is 1. The van der Waals surface area contributed by atoms with E-state index in [2.05, 4.69) is 38.7 Å². The lowest BCUT2D eigenvalue weighted by Crippen LogP contribution is -2.20. The number of aryl methyl sites for hydroxylation is 2. The van der Waals surface area contributed by atoms with Crippen LogP contribution in [0.3, 0.4) is 0 Å². The predicted octanol–water partition coefficient (Wildman–Crippen LogP) is 2.74. The molecule has 2 unspecified atom stereocenters. The number of pyridine rings is 1. The summed E-state index contributed by atoms with van der Waals surface area (Å²) in [6, 6.07) is 2.21. The van der Waals surface area contributed by atoms with Crippen LogP contribution in [0.1, 0.15) is 43.1 Å². The van der Waals surface area contributed by atoms with Gasteiger partial charge < -0.3 is 5.73 Å². The molecule has 2 atom stereocenters. The quantitative estimate of drug-likeness (QED) is 0.799. The molecule has 0 saturated heterocycles. The summed E-state index contributed by atoms with van der Waals surface area (Å²) in [4.78, 5) is 4.42. The molecule has 0 fully saturated rings. The van der Waals surface area contributed by atoms with Gasteiger partial charge in [0.1, 0.15) is 0 Å². The summed E-state index contributed by atoms with van der Waals surface area (Å²) in [5.41, 5.74) is 9.59. The summed E-state index contributed by atoms with van der Waals surface area (Å²) in [5.74, 6) is 0.490. The molecule has 1 aromatic heterocycles. The first-order chi connectivity index (χ1) is 6.56. The van der Waals surface area contributed by atoms with E-state index in [1.165, 1.54) is 11.1 Å². The van der Waals surface area contributed by atoms with E-state index in [-0.39, 0.29) is 6.04 Å². The van der Waals surface area contributed by atoms with Crippen molar-refractivity contribution < 1.29 is 0 Å². The molecular formula is C12H20N2. The molecule has 1 heterocycles. The maximum Gasteiger partial charge on any atom is 0.0602 e. The van der Waals surface area contributed by atoms with Gasteiger partial charge in [-0.15, -0.1) is 0 Å². The molecule has 2 nitrogen and oxygen atoms in total. The molecule has 0 radical (unpaired) electrons. The third-order valence-electron chi connectivity index (χ3n) is 2.83. The fourth-order valence-corrected chi connectivity index (χ4v) is 1.60. The number of aromatic nitrogens is 1. The van der Waals surface area contributed by atoms with E-state index in [1.807, 2.05) is 6.20 Å². The maximum atomic E-state index is 6.14. The van der Waals surface area contributed by atoms with Gasteiger partial charge in [-0.25, -0.2) is 0 Å². The van der Waals surface area contributed by atoms with Gasteiger partial charge in [0.25, 0.3) is 0 Å². The van der Waals surface area contributed by atoms with Crippen LogP contribution in [0.5, 0.6) is 0 Å². The second-order valence-corrected chi connectivity index (χ2v) is 4.13. The van der Waals surface area contributed by atoms with E-state index >= 15 is 0 Å². The normalized spacial score (nSPS) is 15.2. The average molecular weight is 192 g/mol. The number of nitrogens with zero attached hydrogens (tertiary/aromatic N) is 1. The van der Waals surface area contributed by atoms with Crippen LogP contribution in [0, 0.1) is 19.8 Å². The summed E-state index contributed by atoms with van der Waals surface area (Å²) in [5, 5.41) is 0. The zero-order chi connectivity index (χ0) is 10.7. The molecule has 0 spiro atoms. The molecule has 0 amide bonds. The summed E-state index contributed by atoms with van der Waals surface area (Å²) >= 11 is 0. The Morgan fingerprint density at radius 2 is 2.07 bits per heavy atom. The minimum absolute atomic E-state index is 0.0700. The van der Waals surface area contributed by atoms with Crippen molar-refractivity contribution in [2.24, 2.45) is 11.7 Å². The van der Waals surface area contributed by atoms with E-state index in [0.29, 0.717) is 5.92 Å². The minimum atomic E-state index is 0.0700. The molecule has 2 heteroatoms. The summed E-state index contributed by atoms with van der Waals surface area (Å²) in [7, 11) is 0. The van der Waals surface area contributed by atoms with Crippen LogP contribution in [0.15, 0.2) is 12.3 Å². The largest absolute Gasteiger partial charge is 0.322 e. The molecule has 0 saturated carbocycles. The van der Waals surface area contributed by atoms with Crippen LogP contribution in [-0.4, -0.2) is 4.98 Å². The van der Waals surface area contributed by atoms with E-state index in [1.54, 1.807) is 0 Å². The lowest BCUT2D eigenvalue weighted by molar-refractivity contribution is 0.446. The summed E-state index contributed by atoms with van der Waals surface area (Å²) in [6.07, 6.45) is 2.99. The Hall–Kier alpha value is -0.890. The lowest BCUT2D eigenvalue weighted by atomic mass is 9.94. The van der Waals surface area contributed by atoms with Gasteiger partial charge in [0.2, 0.25) is 0 Å². The molecule has 1 rings (SSSR count). The average Bonchev–Trinajstić information content (AvgIpc) is 2.15. The highest BCUT2D eigenvalue weighted by Gasteiger charge is 2.16. The summed E-state index contributed by atoms with van der Waals surface area (Å²) in [6.45, 7) is 8.47. The molecule has 0 aromatic carbocycles. The highest BCUT2D eigenvalue weighted by molar-refractivity contribution is 5.25. The Bertz CT molecular complexity index is 307. The molecule has 0 aliphatic carbocycles. The monoisotopic (exact) mass is 192 g/mol. The highest BCUT2D eigenvalue weighted by atomic mass is 14.8. The summed E-state index contributed by atoms with van der Waals surface area (Å²) < 4.78 is 0. The Balaban J connectivity index is 2.95. The molecule has 78 valence electrons. The molecule has 1 aromatic rings. The van der Waals surface area contributed by atoms with Gasteiger partial charge >= 0.3 is 0 Å². The smallest absolute Gasteiger partial charge is 0.0602 e. The van der Waals surface area contributed by atoms with Crippen LogP contribution in [0.2, 0.25) is 0 Å². The van der Waals surface area contributed by atoms with E-state index in [0.717, 1.165) is 12.1 Å². The first kappa shape index (κ1) is 11.2. The number of hydrogen-bond acceptors (Lipinski definition) is 2. The number of rotatable bonds is 3. The topological polar surface area (TPSA) is 38.9 Å². The zero-order valence-electron chi connectivity index (χ0n) is 9.54. The van der Waals surface area contributed by atoms with Gasteiger partial charge in [-0.05, 0) is 30.9 Å². The third-order valence-corrected chi connectivity index (χ3v) is 2.83. The molecule has 0 aliphatic heterocycles. The van der Waals surface area contributed by atoms with Crippen molar-refractivity contribution in [1.82, 2.24) is 4.98 Å². The molecular weight excluding hydrogens is 172 g/mol. The molecule has 0 aliphatic rings. The highest BCUT2D eigenvalue weighted by Crippen LogP contribution is 2.22. The van der Waals surface area contributed by atoms with Crippen LogP contribution >= 0.6 is 0 Å². The van der Waals surface area contributed by atoms with Crippen molar-refractivity contribution in [3.63, 3.8) is 0 Å². The van der Waals surface area contributed by atoms with Crippen molar-refractivity contribution in [3.8, 4) is 0 Å². The first-order valence-corrected chi connectivity index (χ1v) is 5.25. The minimum Gasteiger partial charge on any atom is -0.322 e. The lowest BCUT2D eigenvalue weighted by Gasteiger charge is -2.19. The second-order valence-electron chi connectivity index (χ2n) is 4.13. The van der Waals surface area contributed by atoms with E-state index in [4.69, 9.17) is 5.73 Å². The van der Waals surface area contributed by atoms with Crippen molar-refractivity contribution in [2.45, 2.75) is 40.2 Å². The van der Waals surface area contributed by atoms with Crippen LogP contribution < -0.4 is 5.73 Å². The van der Waals surface area contributed by atoms with Crippen molar-refractivity contribution in [2.75, 3.05) is 0 Å². The Labute approximate surface area is 86.5 Å². The van der Waals surface area contributed by atoms with Crippen LogP contribution in [0.25, 0.3) is 0 Å². The molecule has 2 N–H and O–H groups in total. The fraction of sp³-hybridized carbons (Fsp3) is 0.583. The zero-order valence-corrected chi connectivity index (χ0v) is 9.54. The first-order valence-electron chi connectivity index (χ1n) is 5.25. The maximum absolute atomic E-state index is 6.14. The fourth-order valence-electron chi connectivity index (χ4n) is 1.60. The van der Waals surface area contributed by atoms with Gasteiger partial charge in [-0.3, -0.25) is 4.98 Å². The van der Waals surface area contributed by atoms with Gasteiger partial charge in [-0.1, -0.05) is 26.3 Å². The van der Waals surface area contributed by atoms with Gasteiger partial charge in [0.05, 0.1) is 5.69 Å². The second kappa shape index (κ2) is 4.56. The third kappa shape index (κ3) is 2.32. The van der Waals surface area contributed by atoms with Crippen molar-refractivity contribution in [1.29, 1.82) is 0 Å². The van der Waals surface area contributed by atoms with Crippen molar-refractivity contribution in [3.05, 3.63) is 29.1 Å². The SMILES string of the molecule is CCC(C)C(N)c1ncc(C)cc1C. The van der Waals surface area contributed by atoms with E-state index in [9.17, 15) is 0 Å². The van der Waals surface area contributed by atoms with E-state index < -0.39 is 0 Å². The number of nitrogens with two attached hydrogens (primary N) is 1. The standard InChI is InChI=1S/C12H20N2/c1-5-9(3)11(13)12-10(4)6-8(2)7-14-12/h6-7,9,11H,5,13H2,1-4H3. The van der Waals surface area contributed by atoms with Gasteiger partial charge in [0, 0.05) is 12.2 Å². The van der Waals surface area contributed by atoms with Gasteiger partial charge in [-0.2, -0.15) is 0 Å². The predicted molar refractivity (Wildman–Crippen MR) is 60.1 cm³/mol.